The highest BCUT2D eigenvalue weighted by Gasteiger charge is 2.08. The predicted molar refractivity (Wildman–Crippen MR) is 77.0 cm³/mol. The third-order valence-electron chi connectivity index (χ3n) is 2.95. The number of benzene rings is 1. The summed E-state index contributed by atoms with van der Waals surface area (Å²) >= 11 is 3.19. The fraction of sp³-hybridized carbons (Fsp3) is 0.0714. The van der Waals surface area contributed by atoms with Crippen LogP contribution in [0.25, 0.3) is 10.9 Å². The molecule has 100 valence electrons. The van der Waals surface area contributed by atoms with Gasteiger partial charge in [-0.25, -0.2) is 9.07 Å². The molecule has 0 saturated heterocycles. The van der Waals surface area contributed by atoms with Crippen LogP contribution in [0.1, 0.15) is 5.56 Å². The summed E-state index contributed by atoms with van der Waals surface area (Å²) in [6, 6.07) is 8.21. The van der Waals surface area contributed by atoms with Crippen molar-refractivity contribution in [2.24, 2.45) is 0 Å². The Hall–Kier alpha value is -2.08. The highest BCUT2D eigenvalue weighted by molar-refractivity contribution is 9.10. The lowest BCUT2D eigenvalue weighted by Crippen LogP contribution is -2.24. The molecule has 0 amide bonds. The summed E-state index contributed by atoms with van der Waals surface area (Å²) in [6.07, 6.45) is 3.11. The number of nitrogens with zero attached hydrogens (tertiary/aromatic N) is 3. The Morgan fingerprint density at radius 3 is 2.95 bits per heavy atom. The predicted octanol–water partition coefficient (Wildman–Crippen LogP) is 2.74. The van der Waals surface area contributed by atoms with E-state index in [-0.39, 0.29) is 17.9 Å². The van der Waals surface area contributed by atoms with E-state index in [0.717, 1.165) is 0 Å². The highest BCUT2D eigenvalue weighted by atomic mass is 79.9. The largest absolute Gasteiger partial charge is 0.293 e. The summed E-state index contributed by atoms with van der Waals surface area (Å²) in [7, 11) is 0. The Morgan fingerprint density at radius 2 is 2.15 bits per heavy atom. The molecule has 0 unspecified atom stereocenters. The van der Waals surface area contributed by atoms with Gasteiger partial charge in [0.15, 0.2) is 0 Å². The van der Waals surface area contributed by atoms with Crippen LogP contribution >= 0.6 is 15.9 Å². The maximum atomic E-state index is 13.8. The van der Waals surface area contributed by atoms with Crippen molar-refractivity contribution in [1.82, 2.24) is 14.8 Å². The van der Waals surface area contributed by atoms with E-state index in [1.54, 1.807) is 36.7 Å². The number of fused-ring (bicyclic) bond motifs is 1. The summed E-state index contributed by atoms with van der Waals surface area (Å²) < 4.78 is 15.7. The molecule has 0 bridgehead atoms. The Morgan fingerprint density at radius 1 is 1.30 bits per heavy atom. The van der Waals surface area contributed by atoms with Crippen LogP contribution in [0.4, 0.5) is 4.39 Å². The Labute approximate surface area is 122 Å². The van der Waals surface area contributed by atoms with Gasteiger partial charge in [0.05, 0.1) is 12.7 Å². The van der Waals surface area contributed by atoms with E-state index in [0.29, 0.717) is 20.9 Å². The summed E-state index contributed by atoms with van der Waals surface area (Å²) in [5.41, 5.74) is 0.406. The van der Waals surface area contributed by atoms with Crippen molar-refractivity contribution in [3.8, 4) is 0 Å². The van der Waals surface area contributed by atoms with E-state index in [4.69, 9.17) is 0 Å². The van der Waals surface area contributed by atoms with Crippen LogP contribution in [0, 0.1) is 5.82 Å². The van der Waals surface area contributed by atoms with Gasteiger partial charge in [-0.3, -0.25) is 9.78 Å². The van der Waals surface area contributed by atoms with Gasteiger partial charge < -0.3 is 0 Å². The molecule has 20 heavy (non-hydrogen) atoms. The summed E-state index contributed by atoms with van der Waals surface area (Å²) in [4.78, 5) is 16.3. The summed E-state index contributed by atoms with van der Waals surface area (Å²) in [5.74, 6) is -0.380. The van der Waals surface area contributed by atoms with Crippen molar-refractivity contribution < 1.29 is 4.39 Å². The first-order valence-electron chi connectivity index (χ1n) is 5.90. The zero-order valence-corrected chi connectivity index (χ0v) is 11.8. The molecule has 2 aromatic heterocycles. The van der Waals surface area contributed by atoms with Crippen LogP contribution in [-0.2, 0) is 6.54 Å². The zero-order valence-electron chi connectivity index (χ0n) is 10.3. The van der Waals surface area contributed by atoms with E-state index in [9.17, 15) is 9.18 Å². The average Bonchev–Trinajstić information content (AvgIpc) is 2.45. The monoisotopic (exact) mass is 333 g/mol. The SMILES string of the molecule is O=c1c2ncccc2cnn1Cc1ccc(Br)cc1F. The van der Waals surface area contributed by atoms with Gasteiger partial charge in [-0.1, -0.05) is 22.0 Å². The molecule has 0 N–H and O–H groups in total. The first kappa shape index (κ1) is 12.9. The lowest BCUT2D eigenvalue weighted by atomic mass is 10.2. The van der Waals surface area contributed by atoms with Crippen LogP contribution in [-0.4, -0.2) is 14.8 Å². The van der Waals surface area contributed by atoms with E-state index < -0.39 is 0 Å². The topological polar surface area (TPSA) is 47.8 Å². The minimum absolute atomic E-state index is 0.0739. The second-order valence-electron chi connectivity index (χ2n) is 4.28. The molecule has 2 heterocycles. The van der Waals surface area contributed by atoms with Gasteiger partial charge in [-0.15, -0.1) is 0 Å². The smallest absolute Gasteiger partial charge is 0.265 e. The molecule has 6 heteroatoms. The van der Waals surface area contributed by atoms with Crippen LogP contribution < -0.4 is 5.56 Å². The highest BCUT2D eigenvalue weighted by Crippen LogP contribution is 2.15. The molecule has 0 spiro atoms. The zero-order chi connectivity index (χ0) is 14.1. The number of hydrogen-bond acceptors (Lipinski definition) is 3. The maximum absolute atomic E-state index is 13.8. The first-order valence-corrected chi connectivity index (χ1v) is 6.69. The molecule has 0 aliphatic rings. The van der Waals surface area contributed by atoms with Crippen molar-refractivity contribution in [3.05, 3.63) is 68.9 Å². The molecule has 0 aliphatic carbocycles. The third-order valence-corrected chi connectivity index (χ3v) is 3.44. The molecule has 3 rings (SSSR count). The van der Waals surface area contributed by atoms with Crippen LogP contribution in [0.5, 0.6) is 0 Å². The molecule has 3 aromatic rings. The first-order chi connectivity index (χ1) is 9.65. The molecule has 0 radical (unpaired) electrons. The van der Waals surface area contributed by atoms with E-state index in [2.05, 4.69) is 26.0 Å². The van der Waals surface area contributed by atoms with Crippen molar-refractivity contribution in [2.75, 3.05) is 0 Å². The van der Waals surface area contributed by atoms with Gasteiger partial charge in [0, 0.05) is 21.6 Å². The number of aromatic nitrogens is 3. The quantitative estimate of drug-likeness (QED) is 0.724. The fourth-order valence-corrected chi connectivity index (χ4v) is 2.26. The normalized spacial score (nSPS) is 10.9. The Balaban J connectivity index is 2.07. The molecule has 0 saturated carbocycles. The third kappa shape index (κ3) is 2.34. The van der Waals surface area contributed by atoms with Gasteiger partial charge in [0.2, 0.25) is 0 Å². The lowest BCUT2D eigenvalue weighted by molar-refractivity contribution is 0.574. The van der Waals surface area contributed by atoms with Gasteiger partial charge in [-0.05, 0) is 24.3 Å². The molecule has 4 nitrogen and oxygen atoms in total. The van der Waals surface area contributed by atoms with E-state index in [1.165, 1.54) is 10.7 Å². The standard InChI is InChI=1S/C14H9BrFN3O/c15-11-4-3-10(12(16)6-11)8-19-14(20)13-9(7-18-19)2-1-5-17-13/h1-7H,8H2. The van der Waals surface area contributed by atoms with Crippen LogP contribution in [0.15, 0.2) is 52.0 Å². The molecule has 0 fully saturated rings. The lowest BCUT2D eigenvalue weighted by Gasteiger charge is -2.07. The van der Waals surface area contributed by atoms with E-state index >= 15 is 0 Å². The van der Waals surface area contributed by atoms with Gasteiger partial charge in [0.1, 0.15) is 11.3 Å². The number of pyridine rings is 1. The molecule has 1 aromatic carbocycles. The molecular formula is C14H9BrFN3O. The maximum Gasteiger partial charge on any atom is 0.293 e. The second kappa shape index (κ2) is 5.13. The molecular weight excluding hydrogens is 325 g/mol. The molecule has 0 atom stereocenters. The van der Waals surface area contributed by atoms with Crippen molar-refractivity contribution in [3.63, 3.8) is 0 Å². The number of rotatable bonds is 2. The minimum atomic E-state index is -0.380. The molecule has 0 aliphatic heterocycles. The fourth-order valence-electron chi connectivity index (χ4n) is 1.93. The number of hydrogen-bond donors (Lipinski definition) is 0. The van der Waals surface area contributed by atoms with E-state index in [1.807, 2.05) is 0 Å². The van der Waals surface area contributed by atoms with Crippen molar-refractivity contribution in [2.45, 2.75) is 6.54 Å². The summed E-state index contributed by atoms with van der Waals surface area (Å²) in [5, 5.41) is 4.72. The average molecular weight is 334 g/mol. The van der Waals surface area contributed by atoms with Crippen molar-refractivity contribution in [1.29, 1.82) is 0 Å². The van der Waals surface area contributed by atoms with Crippen molar-refractivity contribution >= 4 is 26.8 Å². The minimum Gasteiger partial charge on any atom is -0.265 e. The van der Waals surface area contributed by atoms with Gasteiger partial charge >= 0.3 is 0 Å². The Kier molecular flexibility index (Phi) is 3.31. The van der Waals surface area contributed by atoms with Crippen LogP contribution in [0.3, 0.4) is 0 Å². The van der Waals surface area contributed by atoms with Crippen LogP contribution in [0.2, 0.25) is 0 Å². The van der Waals surface area contributed by atoms with Gasteiger partial charge in [-0.2, -0.15) is 5.10 Å². The van der Waals surface area contributed by atoms with Gasteiger partial charge in [0.25, 0.3) is 5.56 Å². The summed E-state index contributed by atoms with van der Waals surface area (Å²) in [6.45, 7) is 0.0739. The second-order valence-corrected chi connectivity index (χ2v) is 5.20. The Bertz CT molecular complexity index is 847. The number of halogens is 2.